The molecule has 0 saturated heterocycles. The highest BCUT2D eigenvalue weighted by Gasteiger charge is 2.23. The number of carbonyl (C=O) groups excluding carboxylic acids is 1. The van der Waals surface area contributed by atoms with E-state index in [1.165, 1.54) is 0 Å². The van der Waals surface area contributed by atoms with Crippen molar-refractivity contribution in [2.24, 2.45) is 0 Å². The maximum atomic E-state index is 11.6. The Kier molecular flexibility index (Phi) is 6.69. The Bertz CT molecular complexity index is 518. The fourth-order valence-electron chi connectivity index (χ4n) is 2.19. The summed E-state index contributed by atoms with van der Waals surface area (Å²) in [5.41, 5.74) is 2.36. The lowest BCUT2D eigenvalue weighted by atomic mass is 9.96. The fraction of sp³-hybridized carbons (Fsp3) is 0.500. The summed E-state index contributed by atoms with van der Waals surface area (Å²) in [6.07, 6.45) is 1.04. The highest BCUT2D eigenvalue weighted by molar-refractivity contribution is 5.80. The van der Waals surface area contributed by atoms with Crippen LogP contribution in [0.3, 0.4) is 0 Å². The predicted molar refractivity (Wildman–Crippen MR) is 82.1 cm³/mol. The molecule has 0 radical (unpaired) electrons. The van der Waals surface area contributed by atoms with Gasteiger partial charge < -0.3 is 20.3 Å². The highest BCUT2D eigenvalue weighted by atomic mass is 16.5. The van der Waals surface area contributed by atoms with Crippen molar-refractivity contribution >= 4 is 12.1 Å². The van der Waals surface area contributed by atoms with Crippen LogP contribution in [0.5, 0.6) is 5.75 Å². The first-order valence-electron chi connectivity index (χ1n) is 7.30. The number of carbonyl (C=O) groups is 2. The molecule has 6 heteroatoms. The van der Waals surface area contributed by atoms with Crippen LogP contribution in [0.2, 0.25) is 0 Å². The predicted octanol–water partition coefficient (Wildman–Crippen LogP) is 2.53. The minimum absolute atomic E-state index is 0.135. The van der Waals surface area contributed by atoms with Gasteiger partial charge in [0, 0.05) is 6.42 Å². The number of carboxylic acids is 1. The molecule has 0 aliphatic heterocycles. The SMILES string of the molecule is CCCCOC(=O)N[C@@H](Cc1c(C)cc(O)cc1C)C(=O)O. The smallest absolute Gasteiger partial charge is 0.407 e. The van der Waals surface area contributed by atoms with E-state index in [1.807, 2.05) is 6.92 Å². The Morgan fingerprint density at radius 3 is 2.36 bits per heavy atom. The van der Waals surface area contributed by atoms with Crippen LogP contribution in [0.25, 0.3) is 0 Å². The van der Waals surface area contributed by atoms with Crippen LogP contribution in [0.4, 0.5) is 4.79 Å². The van der Waals surface area contributed by atoms with E-state index in [-0.39, 0.29) is 18.8 Å². The van der Waals surface area contributed by atoms with Crippen molar-refractivity contribution in [2.45, 2.75) is 46.1 Å². The number of nitrogens with one attached hydrogen (secondary N) is 1. The van der Waals surface area contributed by atoms with Gasteiger partial charge in [-0.05, 0) is 49.1 Å². The second-order valence-corrected chi connectivity index (χ2v) is 5.29. The van der Waals surface area contributed by atoms with Crippen molar-refractivity contribution in [3.8, 4) is 5.75 Å². The van der Waals surface area contributed by atoms with Crippen LogP contribution in [-0.2, 0) is 16.0 Å². The van der Waals surface area contributed by atoms with Gasteiger partial charge in [-0.15, -0.1) is 0 Å². The zero-order valence-corrected chi connectivity index (χ0v) is 13.2. The number of hydrogen-bond acceptors (Lipinski definition) is 4. The van der Waals surface area contributed by atoms with Gasteiger partial charge in [-0.2, -0.15) is 0 Å². The molecule has 0 spiro atoms. The van der Waals surface area contributed by atoms with Crippen molar-refractivity contribution in [2.75, 3.05) is 6.61 Å². The summed E-state index contributed by atoms with van der Waals surface area (Å²) in [7, 11) is 0. The van der Waals surface area contributed by atoms with Crippen LogP contribution < -0.4 is 5.32 Å². The minimum atomic E-state index is -1.13. The number of ether oxygens (including phenoxy) is 1. The molecule has 122 valence electrons. The molecular weight excluding hydrogens is 286 g/mol. The molecule has 1 aromatic carbocycles. The molecule has 0 aliphatic rings. The Morgan fingerprint density at radius 2 is 1.86 bits per heavy atom. The molecule has 0 heterocycles. The van der Waals surface area contributed by atoms with Gasteiger partial charge in [-0.1, -0.05) is 13.3 Å². The Hall–Kier alpha value is -2.24. The van der Waals surface area contributed by atoms with Crippen LogP contribution >= 0.6 is 0 Å². The summed E-state index contributed by atoms with van der Waals surface area (Å²) < 4.78 is 4.93. The van der Waals surface area contributed by atoms with E-state index in [0.29, 0.717) is 0 Å². The Balaban J connectivity index is 2.77. The molecule has 0 unspecified atom stereocenters. The van der Waals surface area contributed by atoms with E-state index in [9.17, 15) is 19.8 Å². The number of phenols is 1. The maximum Gasteiger partial charge on any atom is 0.407 e. The first kappa shape index (κ1) is 17.8. The number of rotatable bonds is 7. The van der Waals surface area contributed by atoms with Crippen molar-refractivity contribution in [3.63, 3.8) is 0 Å². The molecule has 0 bridgehead atoms. The molecule has 1 amide bonds. The van der Waals surface area contributed by atoms with Crippen LogP contribution in [0.15, 0.2) is 12.1 Å². The molecule has 22 heavy (non-hydrogen) atoms. The first-order valence-corrected chi connectivity index (χ1v) is 7.30. The van der Waals surface area contributed by atoms with Crippen molar-refractivity contribution in [1.29, 1.82) is 0 Å². The van der Waals surface area contributed by atoms with Crippen molar-refractivity contribution < 1.29 is 24.5 Å². The number of alkyl carbamates (subject to hydrolysis) is 1. The van der Waals surface area contributed by atoms with E-state index >= 15 is 0 Å². The minimum Gasteiger partial charge on any atom is -0.508 e. The van der Waals surface area contributed by atoms with Gasteiger partial charge in [0.1, 0.15) is 11.8 Å². The number of phenolic OH excluding ortho intramolecular Hbond substituents is 1. The first-order chi connectivity index (χ1) is 10.3. The summed E-state index contributed by atoms with van der Waals surface area (Å²) in [6.45, 7) is 5.82. The van der Waals surface area contributed by atoms with Gasteiger partial charge in [0.15, 0.2) is 0 Å². The van der Waals surface area contributed by atoms with Crippen molar-refractivity contribution in [3.05, 3.63) is 28.8 Å². The van der Waals surface area contributed by atoms with Gasteiger partial charge in [-0.3, -0.25) is 0 Å². The number of unbranched alkanes of at least 4 members (excludes halogenated alkanes) is 1. The highest BCUT2D eigenvalue weighted by Crippen LogP contribution is 2.22. The van der Waals surface area contributed by atoms with E-state index in [1.54, 1.807) is 26.0 Å². The third kappa shape index (κ3) is 5.27. The number of hydrogen-bond donors (Lipinski definition) is 3. The summed E-state index contributed by atoms with van der Waals surface area (Å²) in [5, 5.41) is 21.2. The summed E-state index contributed by atoms with van der Waals surface area (Å²) in [5.74, 6) is -0.989. The second-order valence-electron chi connectivity index (χ2n) is 5.29. The number of benzene rings is 1. The molecule has 1 aromatic rings. The quantitative estimate of drug-likeness (QED) is 0.673. The Labute approximate surface area is 130 Å². The number of carboxylic acid groups (broad SMARTS) is 1. The van der Waals surface area contributed by atoms with E-state index in [0.717, 1.165) is 29.5 Å². The number of aryl methyl sites for hydroxylation is 2. The monoisotopic (exact) mass is 309 g/mol. The average molecular weight is 309 g/mol. The number of amides is 1. The number of aromatic hydroxyl groups is 1. The molecule has 1 atom stereocenters. The normalized spacial score (nSPS) is 11.8. The van der Waals surface area contributed by atoms with E-state index < -0.39 is 18.1 Å². The molecule has 0 fully saturated rings. The third-order valence-corrected chi connectivity index (χ3v) is 3.41. The summed E-state index contributed by atoms with van der Waals surface area (Å²) >= 11 is 0. The summed E-state index contributed by atoms with van der Waals surface area (Å²) in [4.78, 5) is 22.9. The summed E-state index contributed by atoms with van der Waals surface area (Å²) in [6, 6.07) is 2.07. The van der Waals surface area contributed by atoms with Crippen LogP contribution in [-0.4, -0.2) is 34.9 Å². The van der Waals surface area contributed by atoms with E-state index in [4.69, 9.17) is 4.74 Å². The van der Waals surface area contributed by atoms with Gasteiger partial charge in [-0.25, -0.2) is 9.59 Å². The second kappa shape index (κ2) is 8.26. The third-order valence-electron chi connectivity index (χ3n) is 3.41. The molecule has 3 N–H and O–H groups in total. The lowest BCUT2D eigenvalue weighted by molar-refractivity contribution is -0.139. The largest absolute Gasteiger partial charge is 0.508 e. The lowest BCUT2D eigenvalue weighted by Crippen LogP contribution is -2.42. The molecule has 1 rings (SSSR count). The molecule has 0 saturated carbocycles. The molecular formula is C16H23NO5. The van der Waals surface area contributed by atoms with Gasteiger partial charge >= 0.3 is 12.1 Å². The van der Waals surface area contributed by atoms with Crippen LogP contribution in [0.1, 0.15) is 36.5 Å². The maximum absolute atomic E-state index is 11.6. The molecule has 6 nitrogen and oxygen atoms in total. The Morgan fingerprint density at radius 1 is 1.27 bits per heavy atom. The standard InChI is InChI=1S/C16H23NO5/c1-4-5-6-22-16(21)17-14(15(19)20)9-13-10(2)7-12(18)8-11(13)3/h7-8,14,18H,4-6,9H2,1-3H3,(H,17,21)(H,19,20)/t14-/m0/s1. The van der Waals surface area contributed by atoms with Gasteiger partial charge in [0.25, 0.3) is 0 Å². The van der Waals surface area contributed by atoms with Gasteiger partial charge in [0.2, 0.25) is 0 Å². The lowest BCUT2D eigenvalue weighted by Gasteiger charge is -2.17. The zero-order chi connectivity index (χ0) is 16.7. The molecule has 0 aliphatic carbocycles. The topological polar surface area (TPSA) is 95.9 Å². The zero-order valence-electron chi connectivity index (χ0n) is 13.2. The molecule has 0 aromatic heterocycles. The van der Waals surface area contributed by atoms with Crippen molar-refractivity contribution in [1.82, 2.24) is 5.32 Å². The fourth-order valence-corrected chi connectivity index (χ4v) is 2.19. The van der Waals surface area contributed by atoms with E-state index in [2.05, 4.69) is 5.32 Å². The van der Waals surface area contributed by atoms with Gasteiger partial charge in [0.05, 0.1) is 6.61 Å². The number of aliphatic carboxylic acids is 1. The van der Waals surface area contributed by atoms with Crippen LogP contribution in [0, 0.1) is 13.8 Å². The average Bonchev–Trinajstić information content (AvgIpc) is 2.41.